The first-order chi connectivity index (χ1) is 14.0. The fourth-order valence-electron chi connectivity index (χ4n) is 3.44. The molecule has 1 saturated carbocycles. The maximum Gasteiger partial charge on any atom is 0.269 e. The Bertz CT molecular complexity index is 994. The molecule has 1 aliphatic heterocycles. The van der Waals surface area contributed by atoms with Gasteiger partial charge in [0.1, 0.15) is 28.0 Å². The number of pyridine rings is 1. The quantitative estimate of drug-likeness (QED) is 0.707. The number of aliphatic hydroxyl groups excluding tert-OH is 1. The second-order valence-electron chi connectivity index (χ2n) is 6.98. The van der Waals surface area contributed by atoms with Crippen LogP contribution in [0.5, 0.6) is 11.5 Å². The Morgan fingerprint density at radius 2 is 2.00 bits per heavy atom. The molecule has 9 heteroatoms. The number of aliphatic imine (C=N–C) groups is 1. The molecule has 152 valence electrons. The van der Waals surface area contributed by atoms with E-state index in [2.05, 4.69) is 20.6 Å². The van der Waals surface area contributed by atoms with Crippen molar-refractivity contribution in [3.05, 3.63) is 42.2 Å². The SMILES string of the molecule is CNC(=O)c1cc(Oc2ccc3c(c2)S(=O)C(NC2CCCC[C@H]2O)=N3)ccn1. The van der Waals surface area contributed by atoms with E-state index in [4.69, 9.17) is 4.74 Å². The van der Waals surface area contributed by atoms with Crippen molar-refractivity contribution in [2.75, 3.05) is 7.05 Å². The fraction of sp³-hybridized carbons (Fsp3) is 0.350. The number of carbonyl (C=O) groups is 1. The second kappa shape index (κ2) is 8.30. The van der Waals surface area contributed by atoms with Gasteiger partial charge in [0.25, 0.3) is 5.91 Å². The molecule has 29 heavy (non-hydrogen) atoms. The van der Waals surface area contributed by atoms with E-state index < -0.39 is 16.9 Å². The summed E-state index contributed by atoms with van der Waals surface area (Å²) in [5.41, 5.74) is 0.861. The molecule has 1 fully saturated rings. The van der Waals surface area contributed by atoms with E-state index in [-0.39, 0.29) is 17.6 Å². The molecule has 0 bridgehead atoms. The molecule has 8 nitrogen and oxygen atoms in total. The van der Waals surface area contributed by atoms with Gasteiger partial charge in [0, 0.05) is 19.3 Å². The number of nitrogens with zero attached hydrogens (tertiary/aromatic N) is 2. The first-order valence-electron chi connectivity index (χ1n) is 9.50. The summed E-state index contributed by atoms with van der Waals surface area (Å²) in [5, 5.41) is 16.2. The van der Waals surface area contributed by atoms with E-state index in [0.717, 1.165) is 25.7 Å². The average Bonchev–Trinajstić information content (AvgIpc) is 3.04. The molecule has 2 aliphatic rings. The Hall–Kier alpha value is -2.78. The molecule has 3 atom stereocenters. The largest absolute Gasteiger partial charge is 0.457 e. The van der Waals surface area contributed by atoms with Gasteiger partial charge in [-0.25, -0.2) is 9.20 Å². The molecule has 2 aromatic rings. The monoisotopic (exact) mass is 414 g/mol. The van der Waals surface area contributed by atoms with E-state index in [9.17, 15) is 14.1 Å². The summed E-state index contributed by atoms with van der Waals surface area (Å²) in [6.45, 7) is 0. The van der Waals surface area contributed by atoms with Crippen molar-refractivity contribution < 1.29 is 18.8 Å². The zero-order valence-corrected chi connectivity index (χ0v) is 16.7. The molecular weight excluding hydrogens is 392 g/mol. The molecule has 1 amide bonds. The number of aliphatic hydroxyl groups is 1. The summed E-state index contributed by atoms with van der Waals surface area (Å²) in [7, 11) is 0.0707. The topological polar surface area (TPSA) is 113 Å². The van der Waals surface area contributed by atoms with Crippen LogP contribution in [0.15, 0.2) is 46.4 Å². The van der Waals surface area contributed by atoms with E-state index in [1.54, 1.807) is 24.3 Å². The number of nitrogens with one attached hydrogen (secondary N) is 2. The summed E-state index contributed by atoms with van der Waals surface area (Å²) in [4.78, 5) is 20.7. The van der Waals surface area contributed by atoms with Gasteiger partial charge in [-0.1, -0.05) is 12.8 Å². The zero-order valence-electron chi connectivity index (χ0n) is 15.9. The minimum Gasteiger partial charge on any atom is -0.457 e. The van der Waals surface area contributed by atoms with Crippen molar-refractivity contribution in [1.29, 1.82) is 0 Å². The minimum atomic E-state index is -1.46. The van der Waals surface area contributed by atoms with Crippen molar-refractivity contribution in [1.82, 2.24) is 15.6 Å². The van der Waals surface area contributed by atoms with Crippen LogP contribution < -0.4 is 15.4 Å². The maximum atomic E-state index is 12.9. The van der Waals surface area contributed by atoms with E-state index in [1.807, 2.05) is 0 Å². The normalized spacial score (nSPS) is 23.1. The number of fused-ring (bicyclic) bond motifs is 1. The Labute approximate surface area is 170 Å². The molecule has 0 saturated heterocycles. The van der Waals surface area contributed by atoms with Gasteiger partial charge in [0.05, 0.1) is 22.7 Å². The van der Waals surface area contributed by atoms with Crippen LogP contribution in [0.2, 0.25) is 0 Å². The van der Waals surface area contributed by atoms with Crippen molar-refractivity contribution in [3.63, 3.8) is 0 Å². The molecule has 1 aromatic heterocycles. The Kier molecular flexibility index (Phi) is 5.59. The zero-order chi connectivity index (χ0) is 20.4. The highest BCUT2D eigenvalue weighted by Crippen LogP contribution is 2.35. The summed E-state index contributed by atoms with van der Waals surface area (Å²) in [6, 6.07) is 8.21. The first kappa shape index (κ1) is 19.5. The number of hydrogen-bond acceptors (Lipinski definition) is 7. The summed E-state index contributed by atoms with van der Waals surface area (Å²) >= 11 is 0. The van der Waals surface area contributed by atoms with Crippen LogP contribution in [0.1, 0.15) is 36.2 Å². The number of benzene rings is 1. The lowest BCUT2D eigenvalue weighted by Crippen LogP contribution is -2.45. The lowest BCUT2D eigenvalue weighted by Gasteiger charge is -2.28. The molecular formula is C20H22N4O4S. The number of ether oxygens (including phenoxy) is 1. The lowest BCUT2D eigenvalue weighted by atomic mass is 9.93. The predicted molar refractivity (Wildman–Crippen MR) is 109 cm³/mol. The summed E-state index contributed by atoms with van der Waals surface area (Å²) in [5.74, 6) is 0.631. The Balaban J connectivity index is 1.49. The number of aromatic nitrogens is 1. The van der Waals surface area contributed by atoms with Crippen LogP contribution in [0.4, 0.5) is 5.69 Å². The lowest BCUT2D eigenvalue weighted by molar-refractivity contribution is 0.0957. The van der Waals surface area contributed by atoms with E-state index in [1.165, 1.54) is 19.3 Å². The van der Waals surface area contributed by atoms with Gasteiger partial charge < -0.3 is 20.5 Å². The van der Waals surface area contributed by atoms with Crippen molar-refractivity contribution >= 4 is 27.6 Å². The molecule has 4 rings (SSSR count). The van der Waals surface area contributed by atoms with Crippen LogP contribution in [-0.2, 0) is 10.8 Å². The predicted octanol–water partition coefficient (Wildman–Crippen LogP) is 2.24. The number of hydrogen-bond donors (Lipinski definition) is 3. The number of amidine groups is 1. The van der Waals surface area contributed by atoms with Gasteiger partial charge in [0.2, 0.25) is 0 Å². The third-order valence-electron chi connectivity index (χ3n) is 4.99. The van der Waals surface area contributed by atoms with Gasteiger partial charge in [-0.2, -0.15) is 0 Å². The highest BCUT2D eigenvalue weighted by Gasteiger charge is 2.30. The van der Waals surface area contributed by atoms with Crippen molar-refractivity contribution in [3.8, 4) is 11.5 Å². The van der Waals surface area contributed by atoms with E-state index >= 15 is 0 Å². The maximum absolute atomic E-state index is 12.9. The van der Waals surface area contributed by atoms with Crippen LogP contribution >= 0.6 is 0 Å². The highest BCUT2D eigenvalue weighted by atomic mass is 32.2. The Morgan fingerprint density at radius 3 is 2.79 bits per heavy atom. The average molecular weight is 414 g/mol. The molecule has 0 radical (unpaired) electrons. The molecule has 0 spiro atoms. The van der Waals surface area contributed by atoms with E-state index in [0.29, 0.717) is 27.2 Å². The van der Waals surface area contributed by atoms with Gasteiger partial charge in [0.15, 0.2) is 5.17 Å². The molecule has 1 aliphatic carbocycles. The van der Waals surface area contributed by atoms with Gasteiger partial charge >= 0.3 is 0 Å². The van der Waals surface area contributed by atoms with Crippen molar-refractivity contribution in [2.24, 2.45) is 4.99 Å². The van der Waals surface area contributed by atoms with Crippen LogP contribution in [0.25, 0.3) is 0 Å². The van der Waals surface area contributed by atoms with Crippen LogP contribution in [-0.4, -0.2) is 44.6 Å². The second-order valence-corrected chi connectivity index (χ2v) is 8.34. The summed E-state index contributed by atoms with van der Waals surface area (Å²) in [6.07, 6.45) is 4.65. The van der Waals surface area contributed by atoms with Gasteiger partial charge in [-0.15, -0.1) is 0 Å². The number of rotatable bonds is 4. The third kappa shape index (κ3) is 4.15. The highest BCUT2D eigenvalue weighted by molar-refractivity contribution is 8.01. The van der Waals surface area contributed by atoms with Crippen LogP contribution in [0.3, 0.4) is 0 Å². The van der Waals surface area contributed by atoms with Crippen molar-refractivity contribution in [2.45, 2.75) is 42.7 Å². The number of amides is 1. The standard InChI is InChI=1S/C20H22N4O4S/c1-21-19(26)16-10-13(8-9-22-16)28-12-6-7-15-18(11-12)29(27)20(24-15)23-14-4-2-3-5-17(14)25/h6-11,14,17,25H,2-5H2,1H3,(H,21,26)(H,23,24)/t14?,17-,29?/m1/s1. The molecule has 3 N–H and O–H groups in total. The molecule has 2 heterocycles. The fourth-order valence-corrected chi connectivity index (χ4v) is 4.62. The smallest absolute Gasteiger partial charge is 0.269 e. The third-order valence-corrected chi connectivity index (χ3v) is 6.28. The van der Waals surface area contributed by atoms with Gasteiger partial charge in [-0.05, 0) is 37.1 Å². The molecule has 2 unspecified atom stereocenters. The molecule has 1 aromatic carbocycles. The first-order valence-corrected chi connectivity index (χ1v) is 10.7. The Morgan fingerprint density at radius 1 is 1.21 bits per heavy atom. The summed E-state index contributed by atoms with van der Waals surface area (Å²) < 4.78 is 18.7. The van der Waals surface area contributed by atoms with Crippen LogP contribution in [0, 0.1) is 0 Å². The number of carbonyl (C=O) groups excluding carboxylic acids is 1. The van der Waals surface area contributed by atoms with Gasteiger partial charge in [-0.3, -0.25) is 9.78 Å². The minimum absolute atomic E-state index is 0.128.